The van der Waals surface area contributed by atoms with Crippen LogP contribution in [0.3, 0.4) is 0 Å². The van der Waals surface area contributed by atoms with E-state index in [2.05, 4.69) is 0 Å². The van der Waals surface area contributed by atoms with E-state index in [9.17, 15) is 13.2 Å². The molecule has 5 heteroatoms. The van der Waals surface area contributed by atoms with Gasteiger partial charge in [-0.15, -0.1) is 0 Å². The van der Waals surface area contributed by atoms with Crippen molar-refractivity contribution >= 4 is 0 Å². The van der Waals surface area contributed by atoms with Crippen LogP contribution >= 0.6 is 0 Å². The minimum Gasteiger partial charge on any atom is -0.457 e. The highest BCUT2D eigenvalue weighted by atomic mass is 19.4. The molecule has 2 aromatic rings. The summed E-state index contributed by atoms with van der Waals surface area (Å²) in [5.41, 5.74) is 5.78. The highest BCUT2D eigenvalue weighted by molar-refractivity contribution is 5.36. The lowest BCUT2D eigenvalue weighted by molar-refractivity contribution is -0.137. The van der Waals surface area contributed by atoms with Crippen molar-refractivity contribution < 1.29 is 17.9 Å². The van der Waals surface area contributed by atoms with Crippen molar-refractivity contribution in [2.45, 2.75) is 19.0 Å². The van der Waals surface area contributed by atoms with Gasteiger partial charge in [-0.1, -0.05) is 18.2 Å². The minimum atomic E-state index is -4.37. The second-order valence-corrected chi connectivity index (χ2v) is 4.67. The second kappa shape index (κ2) is 6.63. The fourth-order valence-corrected chi connectivity index (χ4v) is 1.94. The first-order chi connectivity index (χ1) is 9.99. The van der Waals surface area contributed by atoms with E-state index in [1.54, 1.807) is 6.07 Å². The van der Waals surface area contributed by atoms with Crippen molar-refractivity contribution in [2.75, 3.05) is 6.54 Å². The first kappa shape index (κ1) is 15.4. The van der Waals surface area contributed by atoms with Crippen LogP contribution in [0.5, 0.6) is 11.5 Å². The maximum absolute atomic E-state index is 12.6. The van der Waals surface area contributed by atoms with Crippen molar-refractivity contribution in [3.8, 4) is 11.5 Å². The second-order valence-electron chi connectivity index (χ2n) is 4.67. The zero-order valence-corrected chi connectivity index (χ0v) is 11.4. The van der Waals surface area contributed by atoms with Crippen molar-refractivity contribution in [3.63, 3.8) is 0 Å². The summed E-state index contributed by atoms with van der Waals surface area (Å²) in [5, 5.41) is 0. The van der Waals surface area contributed by atoms with Crippen LogP contribution < -0.4 is 10.5 Å². The van der Waals surface area contributed by atoms with Gasteiger partial charge in [-0.3, -0.25) is 0 Å². The van der Waals surface area contributed by atoms with Gasteiger partial charge in [0.2, 0.25) is 0 Å². The molecule has 112 valence electrons. The van der Waals surface area contributed by atoms with E-state index in [4.69, 9.17) is 10.5 Å². The molecule has 21 heavy (non-hydrogen) atoms. The van der Waals surface area contributed by atoms with Crippen LogP contribution in [0.1, 0.15) is 17.5 Å². The molecule has 0 fully saturated rings. The molecule has 0 heterocycles. The maximum atomic E-state index is 12.6. The highest BCUT2D eigenvalue weighted by Crippen LogP contribution is 2.32. The van der Waals surface area contributed by atoms with Crippen molar-refractivity contribution in [3.05, 3.63) is 59.7 Å². The summed E-state index contributed by atoms with van der Waals surface area (Å²) in [4.78, 5) is 0. The van der Waals surface area contributed by atoms with Crippen LogP contribution in [0, 0.1) is 0 Å². The fourth-order valence-electron chi connectivity index (χ4n) is 1.94. The topological polar surface area (TPSA) is 35.2 Å². The Kier molecular flexibility index (Phi) is 4.85. The average molecular weight is 295 g/mol. The molecule has 0 spiro atoms. The van der Waals surface area contributed by atoms with Gasteiger partial charge in [-0.05, 0) is 55.3 Å². The molecule has 0 saturated heterocycles. The van der Waals surface area contributed by atoms with Crippen molar-refractivity contribution in [1.29, 1.82) is 0 Å². The van der Waals surface area contributed by atoms with E-state index in [0.29, 0.717) is 12.3 Å². The fraction of sp³-hybridized carbons (Fsp3) is 0.250. The smallest absolute Gasteiger partial charge is 0.416 e. The van der Waals surface area contributed by atoms with Crippen LogP contribution in [0.4, 0.5) is 13.2 Å². The molecule has 0 amide bonds. The Morgan fingerprint density at radius 1 is 0.952 bits per heavy atom. The Morgan fingerprint density at radius 2 is 1.62 bits per heavy atom. The number of aryl methyl sites for hydroxylation is 1. The molecule has 0 radical (unpaired) electrons. The van der Waals surface area contributed by atoms with Gasteiger partial charge in [0.15, 0.2) is 0 Å². The number of rotatable bonds is 5. The molecule has 0 aliphatic carbocycles. The molecule has 2 rings (SSSR count). The van der Waals surface area contributed by atoms with Gasteiger partial charge in [0.25, 0.3) is 0 Å². The molecule has 0 aliphatic rings. The Hall–Kier alpha value is -2.01. The summed E-state index contributed by atoms with van der Waals surface area (Å²) in [5.74, 6) is 0.685. The van der Waals surface area contributed by atoms with Crippen LogP contribution in [-0.2, 0) is 12.6 Å². The average Bonchev–Trinajstić information content (AvgIpc) is 2.45. The highest BCUT2D eigenvalue weighted by Gasteiger charge is 2.30. The van der Waals surface area contributed by atoms with Gasteiger partial charge in [-0.25, -0.2) is 0 Å². The van der Waals surface area contributed by atoms with Crippen LogP contribution in [0.15, 0.2) is 48.5 Å². The molecule has 0 aromatic heterocycles. The van der Waals surface area contributed by atoms with Crippen molar-refractivity contribution in [1.82, 2.24) is 0 Å². The molecular weight excluding hydrogens is 279 g/mol. The largest absolute Gasteiger partial charge is 0.457 e. The van der Waals surface area contributed by atoms with Crippen molar-refractivity contribution in [2.24, 2.45) is 5.73 Å². The molecule has 2 nitrogen and oxygen atoms in total. The first-order valence-corrected chi connectivity index (χ1v) is 6.63. The molecule has 0 aliphatic heterocycles. The normalized spacial score (nSPS) is 11.4. The Morgan fingerprint density at radius 3 is 2.29 bits per heavy atom. The molecule has 2 aromatic carbocycles. The van der Waals surface area contributed by atoms with Crippen LogP contribution in [0.2, 0.25) is 0 Å². The Labute approximate surface area is 121 Å². The lowest BCUT2D eigenvalue weighted by Gasteiger charge is -2.10. The van der Waals surface area contributed by atoms with Gasteiger partial charge < -0.3 is 10.5 Å². The number of nitrogens with two attached hydrogens (primary N) is 1. The number of alkyl halides is 3. The predicted octanol–water partition coefficient (Wildman–Crippen LogP) is 4.39. The summed E-state index contributed by atoms with van der Waals surface area (Å²) in [7, 11) is 0. The lowest BCUT2D eigenvalue weighted by atomic mass is 10.1. The summed E-state index contributed by atoms with van der Waals surface area (Å²) in [6.07, 6.45) is -2.70. The molecule has 0 bridgehead atoms. The summed E-state index contributed by atoms with van der Waals surface area (Å²) in [6, 6.07) is 12.1. The van der Waals surface area contributed by atoms with E-state index >= 15 is 0 Å². The van der Waals surface area contributed by atoms with Gasteiger partial charge in [0.05, 0.1) is 5.56 Å². The summed E-state index contributed by atoms with van der Waals surface area (Å²) < 4.78 is 43.4. The molecule has 0 unspecified atom stereocenters. The van der Waals surface area contributed by atoms with Crippen LogP contribution in [0.25, 0.3) is 0 Å². The monoisotopic (exact) mass is 295 g/mol. The third kappa shape index (κ3) is 4.49. The van der Waals surface area contributed by atoms with Gasteiger partial charge in [0, 0.05) is 0 Å². The SMILES string of the molecule is NCCCc1cccc(Oc2cccc(C(F)(F)F)c2)c1. The van der Waals surface area contributed by atoms with Gasteiger partial charge >= 0.3 is 6.18 Å². The van der Waals surface area contributed by atoms with Gasteiger partial charge in [0.1, 0.15) is 11.5 Å². The zero-order valence-electron chi connectivity index (χ0n) is 11.4. The van der Waals surface area contributed by atoms with E-state index in [1.807, 2.05) is 18.2 Å². The minimum absolute atomic E-state index is 0.167. The maximum Gasteiger partial charge on any atom is 0.416 e. The third-order valence-electron chi connectivity index (χ3n) is 2.97. The molecule has 2 N–H and O–H groups in total. The Bertz CT molecular complexity index is 596. The number of hydrogen-bond donors (Lipinski definition) is 1. The van der Waals surface area contributed by atoms with E-state index in [-0.39, 0.29) is 5.75 Å². The van der Waals surface area contributed by atoms with Gasteiger partial charge in [-0.2, -0.15) is 13.2 Å². The molecule has 0 atom stereocenters. The van der Waals surface area contributed by atoms with E-state index in [1.165, 1.54) is 12.1 Å². The Balaban J connectivity index is 2.14. The standard InChI is InChI=1S/C16H16F3NO/c17-16(18,19)13-6-2-8-15(11-13)21-14-7-1-4-12(10-14)5-3-9-20/h1-2,4,6-8,10-11H,3,5,9,20H2. The van der Waals surface area contributed by atoms with Crippen LogP contribution in [-0.4, -0.2) is 6.54 Å². The lowest BCUT2D eigenvalue weighted by Crippen LogP contribution is -2.04. The quantitative estimate of drug-likeness (QED) is 0.888. The number of ether oxygens (including phenoxy) is 1. The number of halogens is 3. The van der Waals surface area contributed by atoms with E-state index in [0.717, 1.165) is 30.5 Å². The zero-order chi connectivity index (χ0) is 15.3. The molecule has 0 saturated carbocycles. The predicted molar refractivity (Wildman–Crippen MR) is 75.3 cm³/mol. The summed E-state index contributed by atoms with van der Waals surface area (Å²) >= 11 is 0. The number of hydrogen-bond acceptors (Lipinski definition) is 2. The molecular formula is C16H16F3NO. The number of benzene rings is 2. The first-order valence-electron chi connectivity index (χ1n) is 6.63. The summed E-state index contributed by atoms with van der Waals surface area (Å²) in [6.45, 7) is 0.596. The van der Waals surface area contributed by atoms with E-state index < -0.39 is 11.7 Å². The third-order valence-corrected chi connectivity index (χ3v) is 2.97.